The van der Waals surface area contributed by atoms with Crippen molar-refractivity contribution >= 4 is 12.1 Å². The highest BCUT2D eigenvalue weighted by Crippen LogP contribution is 2.19. The molecule has 3 nitrogen and oxygen atoms in total. The van der Waals surface area contributed by atoms with Crippen LogP contribution in [0.1, 0.15) is 5.56 Å². The minimum absolute atomic E-state index is 0.237. The number of aromatic hydroxyl groups is 1. The van der Waals surface area contributed by atoms with E-state index in [-0.39, 0.29) is 5.75 Å². The van der Waals surface area contributed by atoms with Gasteiger partial charge in [0.15, 0.2) is 0 Å². The molecule has 1 rings (SSSR count). The van der Waals surface area contributed by atoms with Gasteiger partial charge in [0.05, 0.1) is 0 Å². The number of carbonyl (C=O) groups excluding carboxylic acids is 1. The normalized spacial score (nSPS) is 9.18. The van der Waals surface area contributed by atoms with Gasteiger partial charge in [-0.15, -0.1) is 0 Å². The number of anilines is 1. The fraction of sp³-hybridized carbons (Fsp3) is 0.125. The summed E-state index contributed by atoms with van der Waals surface area (Å²) in [7, 11) is 0. The molecule has 1 aromatic carbocycles. The first kappa shape index (κ1) is 7.60. The summed E-state index contributed by atoms with van der Waals surface area (Å²) in [4.78, 5) is 10.00. The average molecular weight is 151 g/mol. The standard InChI is InChI=1S/C8H9NO2/c1-6-4-7(9-5-10)2-3-8(6)11/h2-5,11H,1H3,(H,9,10). The SMILES string of the molecule is Cc1cc(NC=O)ccc1O. The number of amides is 1. The lowest BCUT2D eigenvalue weighted by atomic mass is 10.2. The monoisotopic (exact) mass is 151 g/mol. The van der Waals surface area contributed by atoms with E-state index in [0.29, 0.717) is 12.1 Å². The predicted octanol–water partition coefficient (Wildman–Crippen LogP) is 1.27. The minimum atomic E-state index is 0.237. The number of hydrogen-bond donors (Lipinski definition) is 2. The fourth-order valence-electron chi connectivity index (χ4n) is 0.813. The summed E-state index contributed by atoms with van der Waals surface area (Å²) in [6.45, 7) is 1.77. The van der Waals surface area contributed by atoms with E-state index in [9.17, 15) is 4.79 Å². The van der Waals surface area contributed by atoms with E-state index < -0.39 is 0 Å². The van der Waals surface area contributed by atoms with Gasteiger partial charge < -0.3 is 10.4 Å². The summed E-state index contributed by atoms with van der Waals surface area (Å²) < 4.78 is 0. The molecule has 0 radical (unpaired) electrons. The van der Waals surface area contributed by atoms with Gasteiger partial charge in [-0.1, -0.05) is 0 Å². The van der Waals surface area contributed by atoms with Crippen molar-refractivity contribution in [2.75, 3.05) is 5.32 Å². The smallest absolute Gasteiger partial charge is 0.211 e. The molecule has 0 unspecified atom stereocenters. The number of nitrogens with one attached hydrogen (secondary N) is 1. The molecule has 1 aromatic rings. The Bertz CT molecular complexity index is 271. The van der Waals surface area contributed by atoms with E-state index in [1.165, 1.54) is 0 Å². The fourth-order valence-corrected chi connectivity index (χ4v) is 0.813. The third kappa shape index (κ3) is 1.70. The van der Waals surface area contributed by atoms with Gasteiger partial charge >= 0.3 is 0 Å². The second-order valence-corrected chi connectivity index (χ2v) is 2.26. The minimum Gasteiger partial charge on any atom is -0.508 e. The highest BCUT2D eigenvalue weighted by Gasteiger charge is 1.95. The Hall–Kier alpha value is -1.51. The number of phenolic OH excluding ortho intramolecular Hbond substituents is 1. The van der Waals surface area contributed by atoms with E-state index in [1.54, 1.807) is 25.1 Å². The first-order valence-corrected chi connectivity index (χ1v) is 3.24. The molecule has 11 heavy (non-hydrogen) atoms. The molecule has 0 aliphatic heterocycles. The lowest BCUT2D eigenvalue weighted by Gasteiger charge is -2.01. The molecular formula is C8H9NO2. The van der Waals surface area contributed by atoms with E-state index in [1.807, 2.05) is 0 Å². The number of hydrogen-bond acceptors (Lipinski definition) is 2. The molecular weight excluding hydrogens is 142 g/mol. The molecule has 0 aromatic heterocycles. The predicted molar refractivity (Wildman–Crippen MR) is 42.5 cm³/mol. The Morgan fingerprint density at radius 3 is 2.82 bits per heavy atom. The zero-order valence-corrected chi connectivity index (χ0v) is 6.16. The van der Waals surface area contributed by atoms with Gasteiger partial charge in [0, 0.05) is 5.69 Å². The van der Waals surface area contributed by atoms with Crippen LogP contribution in [0, 0.1) is 6.92 Å². The van der Waals surface area contributed by atoms with Crippen LogP contribution < -0.4 is 5.32 Å². The molecule has 0 saturated heterocycles. The maximum atomic E-state index is 10.00. The molecule has 58 valence electrons. The van der Waals surface area contributed by atoms with Crippen molar-refractivity contribution in [1.29, 1.82) is 0 Å². The molecule has 0 spiro atoms. The lowest BCUT2D eigenvalue weighted by molar-refractivity contribution is -0.105. The number of carbonyl (C=O) groups is 1. The Morgan fingerprint density at radius 1 is 1.55 bits per heavy atom. The molecule has 0 fully saturated rings. The number of phenols is 1. The molecule has 0 heterocycles. The summed E-state index contributed by atoms with van der Waals surface area (Å²) in [6.07, 6.45) is 0.603. The van der Waals surface area contributed by atoms with E-state index in [4.69, 9.17) is 5.11 Å². The summed E-state index contributed by atoms with van der Waals surface area (Å²) in [5.41, 5.74) is 1.44. The Morgan fingerprint density at radius 2 is 2.27 bits per heavy atom. The quantitative estimate of drug-likeness (QED) is 0.494. The third-order valence-electron chi connectivity index (χ3n) is 1.42. The Labute approximate surface area is 64.7 Å². The second-order valence-electron chi connectivity index (χ2n) is 2.26. The van der Waals surface area contributed by atoms with Crippen LogP contribution in [0.25, 0.3) is 0 Å². The van der Waals surface area contributed by atoms with Crippen LogP contribution in [0.5, 0.6) is 5.75 Å². The summed E-state index contributed by atoms with van der Waals surface area (Å²) >= 11 is 0. The van der Waals surface area contributed by atoms with Crippen molar-refractivity contribution in [3.63, 3.8) is 0 Å². The van der Waals surface area contributed by atoms with E-state index in [0.717, 1.165) is 5.56 Å². The average Bonchev–Trinajstić information content (AvgIpc) is 1.98. The molecule has 0 saturated carbocycles. The first-order valence-electron chi connectivity index (χ1n) is 3.24. The molecule has 0 aliphatic rings. The molecule has 0 atom stereocenters. The van der Waals surface area contributed by atoms with E-state index >= 15 is 0 Å². The molecule has 0 bridgehead atoms. The van der Waals surface area contributed by atoms with E-state index in [2.05, 4.69) is 5.32 Å². The van der Waals surface area contributed by atoms with Gasteiger partial charge in [0.2, 0.25) is 6.41 Å². The van der Waals surface area contributed by atoms with Crippen LogP contribution in [-0.2, 0) is 4.79 Å². The van der Waals surface area contributed by atoms with Crippen LogP contribution in [0.15, 0.2) is 18.2 Å². The van der Waals surface area contributed by atoms with Gasteiger partial charge in [0.1, 0.15) is 5.75 Å². The number of aryl methyl sites for hydroxylation is 1. The van der Waals surface area contributed by atoms with Crippen molar-refractivity contribution in [2.24, 2.45) is 0 Å². The van der Waals surface area contributed by atoms with Crippen LogP contribution in [0.4, 0.5) is 5.69 Å². The highest BCUT2D eigenvalue weighted by molar-refractivity contribution is 5.71. The van der Waals surface area contributed by atoms with Crippen LogP contribution in [0.2, 0.25) is 0 Å². The molecule has 1 amide bonds. The summed E-state index contributed by atoms with van der Waals surface area (Å²) in [5, 5.41) is 11.6. The van der Waals surface area contributed by atoms with Crippen LogP contribution >= 0.6 is 0 Å². The third-order valence-corrected chi connectivity index (χ3v) is 1.42. The van der Waals surface area contributed by atoms with Crippen molar-refractivity contribution < 1.29 is 9.90 Å². The van der Waals surface area contributed by atoms with Crippen molar-refractivity contribution in [3.8, 4) is 5.75 Å². The van der Waals surface area contributed by atoms with Gasteiger partial charge in [-0.05, 0) is 30.7 Å². The van der Waals surface area contributed by atoms with Gasteiger partial charge in [-0.3, -0.25) is 4.79 Å². The summed E-state index contributed by atoms with van der Waals surface area (Å²) in [6, 6.07) is 4.88. The van der Waals surface area contributed by atoms with Crippen LogP contribution in [-0.4, -0.2) is 11.5 Å². The largest absolute Gasteiger partial charge is 0.508 e. The van der Waals surface area contributed by atoms with Gasteiger partial charge in [0.25, 0.3) is 0 Å². The van der Waals surface area contributed by atoms with Crippen molar-refractivity contribution in [1.82, 2.24) is 0 Å². The zero-order chi connectivity index (χ0) is 8.27. The van der Waals surface area contributed by atoms with Crippen molar-refractivity contribution in [2.45, 2.75) is 6.92 Å². The molecule has 0 aliphatic carbocycles. The maximum absolute atomic E-state index is 10.00. The van der Waals surface area contributed by atoms with Gasteiger partial charge in [-0.25, -0.2) is 0 Å². The summed E-state index contributed by atoms with van der Waals surface area (Å²) in [5.74, 6) is 0.237. The number of rotatable bonds is 2. The Balaban J connectivity index is 2.95. The molecule has 2 N–H and O–H groups in total. The first-order chi connectivity index (χ1) is 5.24. The highest BCUT2D eigenvalue weighted by atomic mass is 16.3. The second kappa shape index (κ2) is 3.05. The lowest BCUT2D eigenvalue weighted by Crippen LogP contribution is -1.93. The number of benzene rings is 1. The van der Waals surface area contributed by atoms with Gasteiger partial charge in [-0.2, -0.15) is 0 Å². The van der Waals surface area contributed by atoms with Crippen LogP contribution in [0.3, 0.4) is 0 Å². The zero-order valence-electron chi connectivity index (χ0n) is 6.16. The topological polar surface area (TPSA) is 49.3 Å². The van der Waals surface area contributed by atoms with Crippen molar-refractivity contribution in [3.05, 3.63) is 23.8 Å². The molecule has 3 heteroatoms. The Kier molecular flexibility index (Phi) is 2.11. The maximum Gasteiger partial charge on any atom is 0.211 e.